The molecule has 138 valence electrons. The van der Waals surface area contributed by atoms with E-state index in [1.165, 1.54) is 6.07 Å². The molecule has 1 unspecified atom stereocenters. The van der Waals surface area contributed by atoms with Gasteiger partial charge in [0.2, 0.25) is 17.6 Å². The zero-order valence-corrected chi connectivity index (χ0v) is 16.8. The molecule has 2 aromatic carbocycles. The number of carbonyl (C=O) groups is 1. The predicted octanol–water partition coefficient (Wildman–Crippen LogP) is 4.88. The second-order valence-electron chi connectivity index (χ2n) is 6.19. The van der Waals surface area contributed by atoms with Gasteiger partial charge in [0.1, 0.15) is 5.82 Å². The number of nitrogens with zero attached hydrogens (tertiary/aromatic N) is 3. The number of benzene rings is 2. The molecule has 1 fully saturated rings. The summed E-state index contributed by atoms with van der Waals surface area (Å²) >= 11 is 4.81. The van der Waals surface area contributed by atoms with Gasteiger partial charge in [0.05, 0.1) is 10.4 Å². The van der Waals surface area contributed by atoms with Crippen LogP contribution in [0.2, 0.25) is 0 Å². The third-order valence-corrected chi connectivity index (χ3v) is 5.83. The number of thioether (sulfide) groups is 1. The van der Waals surface area contributed by atoms with Crippen molar-refractivity contribution < 1.29 is 13.7 Å². The van der Waals surface area contributed by atoms with Crippen molar-refractivity contribution in [2.45, 2.75) is 17.2 Å². The number of halogens is 2. The van der Waals surface area contributed by atoms with E-state index in [0.717, 1.165) is 10.6 Å². The Bertz CT molecular complexity index is 993. The summed E-state index contributed by atoms with van der Waals surface area (Å²) in [6, 6.07) is 12.4. The first-order valence-corrected chi connectivity index (χ1v) is 10.3. The van der Waals surface area contributed by atoms with Crippen molar-refractivity contribution in [1.82, 2.24) is 10.1 Å². The Hall–Kier alpha value is -2.19. The average molecular weight is 448 g/mol. The number of anilines is 1. The van der Waals surface area contributed by atoms with Crippen LogP contribution >= 0.6 is 27.7 Å². The molecule has 0 bridgehead atoms. The maximum absolute atomic E-state index is 13.4. The molecular weight excluding hydrogens is 433 g/mol. The Morgan fingerprint density at radius 1 is 1.26 bits per heavy atom. The van der Waals surface area contributed by atoms with Gasteiger partial charge in [0.25, 0.3) is 0 Å². The molecule has 1 atom stereocenters. The second kappa shape index (κ2) is 7.44. The Labute approximate surface area is 168 Å². The molecule has 0 aliphatic carbocycles. The van der Waals surface area contributed by atoms with Crippen molar-refractivity contribution in [2.75, 3.05) is 17.7 Å². The monoisotopic (exact) mass is 447 g/mol. The minimum absolute atomic E-state index is 0.0289. The molecule has 1 saturated heterocycles. The number of amides is 1. The van der Waals surface area contributed by atoms with E-state index < -0.39 is 0 Å². The maximum Gasteiger partial charge on any atom is 0.232 e. The molecule has 0 spiro atoms. The quantitative estimate of drug-likeness (QED) is 0.533. The normalized spacial score (nSPS) is 16.9. The van der Waals surface area contributed by atoms with Crippen LogP contribution in [0, 0.1) is 5.82 Å². The molecule has 1 aliphatic heterocycles. The summed E-state index contributed by atoms with van der Waals surface area (Å²) in [4.78, 5) is 19.8. The fourth-order valence-electron chi connectivity index (χ4n) is 3.04. The summed E-state index contributed by atoms with van der Waals surface area (Å²) < 4.78 is 19.1. The summed E-state index contributed by atoms with van der Waals surface area (Å²) in [5.41, 5.74) is 1.51. The van der Waals surface area contributed by atoms with Crippen molar-refractivity contribution in [1.29, 1.82) is 0 Å². The molecule has 1 amide bonds. The minimum Gasteiger partial charge on any atom is -0.339 e. The van der Waals surface area contributed by atoms with Crippen molar-refractivity contribution in [3.05, 3.63) is 58.6 Å². The Morgan fingerprint density at radius 3 is 2.74 bits per heavy atom. The van der Waals surface area contributed by atoms with Crippen LogP contribution in [0.15, 0.2) is 56.4 Å². The van der Waals surface area contributed by atoms with Gasteiger partial charge in [0.15, 0.2) is 0 Å². The number of carbonyl (C=O) groups excluding carboxylic acids is 1. The molecule has 0 radical (unpaired) electrons. The van der Waals surface area contributed by atoms with Crippen molar-refractivity contribution >= 4 is 39.3 Å². The third kappa shape index (κ3) is 3.64. The summed E-state index contributed by atoms with van der Waals surface area (Å²) in [7, 11) is 0. The molecule has 5 nitrogen and oxygen atoms in total. The highest BCUT2D eigenvalue weighted by Crippen LogP contribution is 2.33. The highest BCUT2D eigenvalue weighted by molar-refractivity contribution is 9.10. The summed E-state index contributed by atoms with van der Waals surface area (Å²) in [5, 5.41) is 3.99. The van der Waals surface area contributed by atoms with Gasteiger partial charge >= 0.3 is 0 Å². The van der Waals surface area contributed by atoms with Crippen LogP contribution in [0.1, 0.15) is 18.2 Å². The fraction of sp³-hybridized carbons (Fsp3) is 0.211. The molecule has 4 rings (SSSR count). The maximum atomic E-state index is 13.4. The van der Waals surface area contributed by atoms with Crippen LogP contribution in [0.3, 0.4) is 0 Å². The molecule has 27 heavy (non-hydrogen) atoms. The number of aromatic nitrogens is 2. The third-order valence-electron chi connectivity index (χ3n) is 4.48. The number of hydrogen-bond acceptors (Lipinski definition) is 5. The van der Waals surface area contributed by atoms with E-state index in [-0.39, 0.29) is 17.6 Å². The number of hydrogen-bond donors (Lipinski definition) is 0. The van der Waals surface area contributed by atoms with E-state index in [2.05, 4.69) is 26.1 Å². The molecule has 1 aliphatic rings. The highest BCUT2D eigenvalue weighted by Gasteiger charge is 2.35. The van der Waals surface area contributed by atoms with Crippen LogP contribution in [-0.2, 0) is 4.79 Å². The zero-order valence-electron chi connectivity index (χ0n) is 14.4. The van der Waals surface area contributed by atoms with Crippen LogP contribution in [0.4, 0.5) is 10.1 Å². The standard InChI is InChI=1S/C19H15BrFN3O2S/c1-27-14-5-3-13(4-6-14)24-10-12(9-17(24)25)19-22-18(23-26-19)11-2-7-16(21)15(20)8-11/h2-8,12H,9-10H2,1H3. The minimum atomic E-state index is -0.355. The highest BCUT2D eigenvalue weighted by atomic mass is 79.9. The predicted molar refractivity (Wildman–Crippen MR) is 105 cm³/mol. The average Bonchev–Trinajstić information content (AvgIpc) is 3.31. The molecule has 8 heteroatoms. The summed E-state index contributed by atoms with van der Waals surface area (Å²) in [5.74, 6) is 0.305. The van der Waals surface area contributed by atoms with Gasteiger partial charge in [-0.05, 0) is 64.7 Å². The van der Waals surface area contributed by atoms with Gasteiger partial charge in [-0.2, -0.15) is 4.98 Å². The first-order chi connectivity index (χ1) is 13.0. The van der Waals surface area contributed by atoms with E-state index in [9.17, 15) is 9.18 Å². The molecular formula is C19H15BrFN3O2S. The largest absolute Gasteiger partial charge is 0.339 e. The van der Waals surface area contributed by atoms with Crippen molar-refractivity contribution in [2.24, 2.45) is 0 Å². The molecule has 1 aromatic heterocycles. The smallest absolute Gasteiger partial charge is 0.232 e. The zero-order chi connectivity index (χ0) is 19.0. The molecule has 2 heterocycles. The lowest BCUT2D eigenvalue weighted by atomic mass is 10.1. The summed E-state index contributed by atoms with van der Waals surface area (Å²) in [6.45, 7) is 0.492. The van der Waals surface area contributed by atoms with E-state index in [1.54, 1.807) is 28.8 Å². The fourth-order valence-corrected chi connectivity index (χ4v) is 3.83. The van der Waals surface area contributed by atoms with Crippen LogP contribution in [0.25, 0.3) is 11.4 Å². The van der Waals surface area contributed by atoms with E-state index >= 15 is 0 Å². The van der Waals surface area contributed by atoms with E-state index in [1.807, 2.05) is 30.5 Å². The molecule has 0 saturated carbocycles. The molecule has 0 N–H and O–H groups in total. The van der Waals surface area contributed by atoms with E-state index in [4.69, 9.17) is 4.52 Å². The Kier molecular flexibility index (Phi) is 5.01. The Morgan fingerprint density at radius 2 is 2.04 bits per heavy atom. The van der Waals surface area contributed by atoms with Gasteiger partial charge in [-0.15, -0.1) is 11.8 Å². The van der Waals surface area contributed by atoms with Crippen molar-refractivity contribution in [3.63, 3.8) is 0 Å². The SMILES string of the molecule is CSc1ccc(N2CC(c3nc(-c4ccc(F)c(Br)c4)no3)CC2=O)cc1. The topological polar surface area (TPSA) is 59.2 Å². The Balaban J connectivity index is 1.53. The lowest BCUT2D eigenvalue weighted by molar-refractivity contribution is -0.117. The van der Waals surface area contributed by atoms with Gasteiger partial charge in [0, 0.05) is 29.1 Å². The summed E-state index contributed by atoms with van der Waals surface area (Å²) in [6.07, 6.45) is 2.33. The van der Waals surface area contributed by atoms with Crippen LogP contribution < -0.4 is 4.90 Å². The molecule has 3 aromatic rings. The lowest BCUT2D eigenvalue weighted by Gasteiger charge is -2.16. The van der Waals surface area contributed by atoms with Gasteiger partial charge in [-0.3, -0.25) is 4.79 Å². The first-order valence-electron chi connectivity index (χ1n) is 8.28. The van der Waals surface area contributed by atoms with Crippen LogP contribution in [0.5, 0.6) is 0 Å². The first kappa shape index (κ1) is 18.2. The lowest BCUT2D eigenvalue weighted by Crippen LogP contribution is -2.24. The van der Waals surface area contributed by atoms with Crippen LogP contribution in [-0.4, -0.2) is 28.8 Å². The van der Waals surface area contributed by atoms with E-state index in [0.29, 0.717) is 34.7 Å². The second-order valence-corrected chi connectivity index (χ2v) is 7.92. The van der Waals surface area contributed by atoms with Gasteiger partial charge < -0.3 is 9.42 Å². The van der Waals surface area contributed by atoms with Gasteiger partial charge in [-0.25, -0.2) is 4.39 Å². The van der Waals surface area contributed by atoms with Crippen molar-refractivity contribution in [3.8, 4) is 11.4 Å². The number of rotatable bonds is 4. The van der Waals surface area contributed by atoms with Gasteiger partial charge in [-0.1, -0.05) is 5.16 Å².